The van der Waals surface area contributed by atoms with E-state index in [0.29, 0.717) is 5.46 Å². The van der Waals surface area contributed by atoms with Crippen LogP contribution in [0.15, 0.2) is 12.1 Å². The van der Waals surface area contributed by atoms with Crippen molar-refractivity contribution in [2.75, 3.05) is 0 Å². The summed E-state index contributed by atoms with van der Waals surface area (Å²) in [6.45, 7) is 0. The Morgan fingerprint density at radius 1 is 1.08 bits per heavy atom. The van der Waals surface area contributed by atoms with Crippen molar-refractivity contribution in [3.63, 3.8) is 0 Å². The smallest absolute Gasteiger partial charge is 0.184 e. The zero-order valence-electron chi connectivity index (χ0n) is 5.54. The van der Waals surface area contributed by atoms with Gasteiger partial charge in [0.05, 0.1) is 5.56 Å². The monoisotopic (exact) mass is 227 g/mol. The quantitative estimate of drug-likeness (QED) is 0.595. The molecule has 0 saturated carbocycles. The molecule has 0 heterocycles. The first kappa shape index (κ1) is 10.7. The van der Waals surface area contributed by atoms with Crippen molar-refractivity contribution in [1.82, 2.24) is 0 Å². The van der Waals surface area contributed by atoms with Gasteiger partial charge in [-0.1, -0.05) is 23.2 Å². The molecule has 0 aliphatic heterocycles. The standard InChI is InChI=1S/C7H5BCl2F3/c8-6-4(9)1-3(2-5(6)10)7(11,12)13/h1-2H,8H3/q-1. The predicted molar refractivity (Wildman–Crippen MR) is 51.0 cm³/mol. The lowest BCUT2D eigenvalue weighted by Crippen LogP contribution is -2.11. The summed E-state index contributed by atoms with van der Waals surface area (Å²) in [6, 6.07) is 1.85. The molecule has 0 unspecified atom stereocenters. The first-order valence-corrected chi connectivity index (χ1v) is 3.61. The number of hydrogen-bond acceptors (Lipinski definition) is 0. The van der Waals surface area contributed by atoms with Crippen molar-refractivity contribution in [1.29, 1.82) is 0 Å². The van der Waals surface area contributed by atoms with Gasteiger partial charge in [0.1, 0.15) is 0 Å². The Bertz CT molecular complexity index is 312. The highest BCUT2D eigenvalue weighted by Gasteiger charge is 2.31. The summed E-state index contributed by atoms with van der Waals surface area (Å²) in [6.07, 6.45) is -4.37. The molecule has 0 atom stereocenters. The Labute approximate surface area is 84.1 Å². The van der Waals surface area contributed by atoms with Crippen molar-refractivity contribution < 1.29 is 13.2 Å². The van der Waals surface area contributed by atoms with Crippen LogP contribution in [0.25, 0.3) is 0 Å². The van der Waals surface area contributed by atoms with Crippen molar-refractivity contribution >= 4 is 36.5 Å². The van der Waals surface area contributed by atoms with Crippen molar-refractivity contribution in [2.24, 2.45) is 0 Å². The Balaban J connectivity index is 3.29. The van der Waals surface area contributed by atoms with Gasteiger partial charge in [0, 0.05) is 10.0 Å². The van der Waals surface area contributed by atoms with Crippen LogP contribution < -0.4 is 5.46 Å². The van der Waals surface area contributed by atoms with Gasteiger partial charge in [0.15, 0.2) is 0 Å². The molecule has 0 N–H and O–H groups in total. The van der Waals surface area contributed by atoms with Crippen LogP contribution in [-0.2, 0) is 6.18 Å². The van der Waals surface area contributed by atoms with Crippen molar-refractivity contribution in [3.8, 4) is 0 Å². The van der Waals surface area contributed by atoms with Crippen LogP contribution in [0.3, 0.4) is 0 Å². The highest BCUT2D eigenvalue weighted by molar-refractivity contribution is 6.51. The zero-order valence-corrected chi connectivity index (χ0v) is 7.06. The van der Waals surface area contributed by atoms with E-state index in [1.807, 2.05) is 0 Å². The summed E-state index contributed by atoms with van der Waals surface area (Å²) in [4.78, 5) is 0. The van der Waals surface area contributed by atoms with Gasteiger partial charge >= 0.3 is 6.18 Å². The number of rotatable bonds is 0. The lowest BCUT2D eigenvalue weighted by molar-refractivity contribution is -0.137. The largest absolute Gasteiger partial charge is 0.416 e. The molecule has 0 aliphatic rings. The van der Waals surface area contributed by atoms with Gasteiger partial charge in [-0.15, -0.1) is 0 Å². The summed E-state index contributed by atoms with van der Waals surface area (Å²) >= 11 is 11.2. The number of halogens is 5. The van der Waals surface area contributed by atoms with Gasteiger partial charge in [0.2, 0.25) is 0 Å². The Hall–Kier alpha value is -0.345. The molecule has 1 aromatic rings. The fourth-order valence-electron chi connectivity index (χ4n) is 0.665. The highest BCUT2D eigenvalue weighted by atomic mass is 35.5. The van der Waals surface area contributed by atoms with E-state index in [4.69, 9.17) is 23.2 Å². The molecule has 0 spiro atoms. The number of hydrogen-bond donors (Lipinski definition) is 0. The maximum absolute atomic E-state index is 12.2. The molecular formula is C7H5BCl2F3-. The summed E-state index contributed by atoms with van der Waals surface area (Å²) in [7, 11) is -0.291. The van der Waals surface area contributed by atoms with E-state index >= 15 is 0 Å². The minimum atomic E-state index is -4.37. The van der Waals surface area contributed by atoms with Crippen LogP contribution in [0, 0.1) is 0 Å². The van der Waals surface area contributed by atoms with E-state index in [1.54, 1.807) is 0 Å². The minimum Gasteiger partial charge on any atom is -0.184 e. The highest BCUT2D eigenvalue weighted by Crippen LogP contribution is 2.31. The molecule has 72 valence electrons. The summed E-state index contributed by atoms with van der Waals surface area (Å²) < 4.78 is 36.5. The van der Waals surface area contributed by atoms with Crippen molar-refractivity contribution in [3.05, 3.63) is 27.7 Å². The molecule has 1 rings (SSSR count). The van der Waals surface area contributed by atoms with E-state index < -0.39 is 11.7 Å². The van der Waals surface area contributed by atoms with Gasteiger partial charge in [-0.3, -0.25) is 0 Å². The summed E-state index contributed by atoms with van der Waals surface area (Å²) in [5.74, 6) is 0. The average Bonchev–Trinajstić information content (AvgIpc) is 1.97. The van der Waals surface area contributed by atoms with E-state index in [-0.39, 0.29) is 17.9 Å². The third-order valence-corrected chi connectivity index (χ3v) is 1.54. The van der Waals surface area contributed by atoms with E-state index in [0.717, 1.165) is 12.1 Å². The van der Waals surface area contributed by atoms with Crippen LogP contribution >= 0.6 is 23.2 Å². The predicted octanol–water partition coefficient (Wildman–Crippen LogP) is 2.00. The molecular weight excluding hydrogens is 223 g/mol. The second-order valence-electron chi connectivity index (χ2n) is 2.06. The second kappa shape index (κ2) is 3.43. The topological polar surface area (TPSA) is 0 Å². The Morgan fingerprint density at radius 2 is 1.46 bits per heavy atom. The third kappa shape index (κ3) is 2.32. The summed E-state index contributed by atoms with van der Waals surface area (Å²) in [5.41, 5.74) is -0.0809. The molecule has 0 nitrogen and oxygen atoms in total. The maximum Gasteiger partial charge on any atom is 0.416 e. The molecule has 0 aromatic heterocycles. The molecule has 0 fully saturated rings. The van der Waals surface area contributed by atoms with Crippen LogP contribution in [0.4, 0.5) is 13.2 Å². The molecule has 0 saturated heterocycles. The van der Waals surface area contributed by atoms with Gasteiger partial charge in [-0.25, -0.2) is 0 Å². The van der Waals surface area contributed by atoms with Gasteiger partial charge in [-0.05, 0) is 20.0 Å². The molecule has 0 radical (unpaired) electrons. The Kier molecular flexibility index (Phi) is 2.83. The molecule has 6 heteroatoms. The molecule has 0 bridgehead atoms. The lowest BCUT2D eigenvalue weighted by atomic mass is 9.95. The molecule has 0 aliphatic carbocycles. The van der Waals surface area contributed by atoms with Crippen LogP contribution in [0.2, 0.25) is 10.0 Å². The van der Waals surface area contributed by atoms with Crippen LogP contribution in [-0.4, -0.2) is 7.85 Å². The first-order chi connectivity index (χ1) is 5.82. The SMILES string of the molecule is [BH3-]c1c(Cl)cc(C(F)(F)F)cc1Cl. The fourth-order valence-corrected chi connectivity index (χ4v) is 1.15. The van der Waals surface area contributed by atoms with E-state index in [1.165, 1.54) is 0 Å². The summed E-state index contributed by atoms with van der Waals surface area (Å²) in [5, 5.41) is 0.277. The third-order valence-electron chi connectivity index (χ3n) is 1.13. The van der Waals surface area contributed by atoms with Crippen molar-refractivity contribution in [2.45, 2.75) is 6.18 Å². The Morgan fingerprint density at radius 3 is 1.77 bits per heavy atom. The average molecular weight is 228 g/mol. The minimum absolute atomic E-state index is 0.139. The first-order valence-electron chi connectivity index (χ1n) is 2.85. The van der Waals surface area contributed by atoms with Crippen LogP contribution in [0.5, 0.6) is 0 Å². The van der Waals surface area contributed by atoms with Gasteiger partial charge < -0.3 is 0 Å². The second-order valence-corrected chi connectivity index (χ2v) is 2.88. The lowest BCUT2D eigenvalue weighted by Gasteiger charge is -2.11. The van der Waals surface area contributed by atoms with Gasteiger partial charge in [0.25, 0.3) is 0 Å². The molecule has 13 heavy (non-hydrogen) atoms. The normalized spacial score (nSPS) is 11.8. The van der Waals surface area contributed by atoms with Gasteiger partial charge in [-0.2, -0.15) is 18.6 Å². The number of alkyl halides is 3. The maximum atomic E-state index is 12.2. The van der Waals surface area contributed by atoms with Crippen LogP contribution in [0.1, 0.15) is 5.56 Å². The molecule has 1 aromatic carbocycles. The van der Waals surface area contributed by atoms with E-state index in [2.05, 4.69) is 0 Å². The number of benzene rings is 1. The van der Waals surface area contributed by atoms with E-state index in [9.17, 15) is 13.2 Å². The zero-order chi connectivity index (χ0) is 10.2. The molecule has 0 amide bonds. The fraction of sp³-hybridized carbons (Fsp3) is 0.143.